The fourth-order valence-corrected chi connectivity index (χ4v) is 1.32. The summed E-state index contributed by atoms with van der Waals surface area (Å²) in [5.74, 6) is 0.408. The number of rotatable bonds is 9. The molecule has 0 aliphatic heterocycles. The molecule has 0 aliphatic carbocycles. The predicted octanol–water partition coefficient (Wildman–Crippen LogP) is 3.88. The second-order valence-corrected chi connectivity index (χ2v) is 3.49. The molecule has 0 bridgehead atoms. The van der Waals surface area contributed by atoms with Crippen LogP contribution in [0, 0.1) is 0 Å². The summed E-state index contributed by atoms with van der Waals surface area (Å²) in [6.45, 7) is 5.62. The Kier molecular flexibility index (Phi) is 9.07. The number of ketones is 1. The lowest BCUT2D eigenvalue weighted by Gasteiger charge is -1.99. The van der Waals surface area contributed by atoms with Crippen LogP contribution in [0.4, 0.5) is 0 Å². The highest BCUT2D eigenvalue weighted by molar-refractivity contribution is 5.77. The molecular formula is C12H22O. The van der Waals surface area contributed by atoms with Crippen molar-refractivity contribution in [3.05, 3.63) is 12.7 Å². The van der Waals surface area contributed by atoms with E-state index in [0.717, 1.165) is 19.3 Å². The molecule has 0 rings (SSSR count). The van der Waals surface area contributed by atoms with E-state index in [2.05, 4.69) is 6.58 Å². The van der Waals surface area contributed by atoms with Gasteiger partial charge in [0.15, 0.2) is 0 Å². The zero-order valence-corrected chi connectivity index (χ0v) is 8.85. The minimum absolute atomic E-state index is 0.408. The van der Waals surface area contributed by atoms with Crippen molar-refractivity contribution >= 4 is 5.78 Å². The molecule has 0 aromatic carbocycles. The Hall–Kier alpha value is -0.590. The van der Waals surface area contributed by atoms with Gasteiger partial charge in [-0.05, 0) is 19.3 Å². The summed E-state index contributed by atoms with van der Waals surface area (Å²) < 4.78 is 0. The largest absolute Gasteiger partial charge is 0.300 e. The molecule has 0 radical (unpaired) electrons. The van der Waals surface area contributed by atoms with Gasteiger partial charge in [-0.15, -0.1) is 6.58 Å². The van der Waals surface area contributed by atoms with Crippen LogP contribution in [-0.2, 0) is 4.79 Å². The highest BCUT2D eigenvalue weighted by atomic mass is 16.1. The van der Waals surface area contributed by atoms with Crippen LogP contribution in [-0.4, -0.2) is 5.78 Å². The van der Waals surface area contributed by atoms with Gasteiger partial charge in [0.1, 0.15) is 5.78 Å². The molecule has 0 fully saturated rings. The van der Waals surface area contributed by atoms with E-state index in [0.29, 0.717) is 12.2 Å². The Morgan fingerprint density at radius 3 is 2.38 bits per heavy atom. The number of allylic oxidation sites excluding steroid dienone is 1. The molecule has 76 valence electrons. The van der Waals surface area contributed by atoms with Gasteiger partial charge in [-0.3, -0.25) is 4.79 Å². The van der Waals surface area contributed by atoms with E-state index in [1.54, 1.807) is 0 Å². The van der Waals surface area contributed by atoms with Gasteiger partial charge in [0, 0.05) is 12.8 Å². The van der Waals surface area contributed by atoms with E-state index in [4.69, 9.17) is 0 Å². The lowest BCUT2D eigenvalue weighted by molar-refractivity contribution is -0.118. The average molecular weight is 182 g/mol. The number of carbonyl (C=O) groups excluding carboxylic acids is 1. The zero-order chi connectivity index (χ0) is 9.94. The Balaban J connectivity index is 2.99. The number of hydrogen-bond acceptors (Lipinski definition) is 1. The molecule has 0 amide bonds. The Morgan fingerprint density at radius 2 is 1.77 bits per heavy atom. The molecule has 0 saturated heterocycles. The van der Waals surface area contributed by atoms with E-state index < -0.39 is 0 Å². The van der Waals surface area contributed by atoms with E-state index in [1.165, 1.54) is 25.7 Å². The summed E-state index contributed by atoms with van der Waals surface area (Å²) >= 11 is 0. The van der Waals surface area contributed by atoms with Crippen molar-refractivity contribution in [1.29, 1.82) is 0 Å². The normalized spacial score (nSPS) is 9.92. The van der Waals surface area contributed by atoms with Crippen molar-refractivity contribution in [2.75, 3.05) is 0 Å². The third kappa shape index (κ3) is 9.32. The van der Waals surface area contributed by atoms with Gasteiger partial charge in [-0.1, -0.05) is 32.3 Å². The second-order valence-electron chi connectivity index (χ2n) is 3.49. The van der Waals surface area contributed by atoms with E-state index in [9.17, 15) is 4.79 Å². The highest BCUT2D eigenvalue weighted by Gasteiger charge is 1.96. The topological polar surface area (TPSA) is 17.1 Å². The smallest absolute Gasteiger partial charge is 0.132 e. The average Bonchev–Trinajstić information content (AvgIpc) is 2.16. The van der Waals surface area contributed by atoms with Crippen LogP contribution in [0.25, 0.3) is 0 Å². The summed E-state index contributed by atoms with van der Waals surface area (Å²) in [6.07, 6.45) is 10.7. The first kappa shape index (κ1) is 12.4. The molecule has 0 N–H and O–H groups in total. The molecule has 0 aromatic heterocycles. The number of carbonyl (C=O) groups is 1. The maximum Gasteiger partial charge on any atom is 0.132 e. The van der Waals surface area contributed by atoms with Gasteiger partial charge < -0.3 is 0 Å². The lowest BCUT2D eigenvalue weighted by atomic mass is 10.1. The van der Waals surface area contributed by atoms with E-state index >= 15 is 0 Å². The van der Waals surface area contributed by atoms with Crippen molar-refractivity contribution in [2.24, 2.45) is 0 Å². The third-order valence-electron chi connectivity index (χ3n) is 2.26. The molecule has 0 saturated carbocycles. The van der Waals surface area contributed by atoms with Crippen LogP contribution in [0.5, 0.6) is 0 Å². The number of Topliss-reactive ketones (excluding diaryl/α,β-unsaturated/α-hetero) is 1. The Bertz CT molecular complexity index is 138. The molecule has 13 heavy (non-hydrogen) atoms. The van der Waals surface area contributed by atoms with Gasteiger partial charge in [0.05, 0.1) is 0 Å². The molecular weight excluding hydrogens is 160 g/mol. The van der Waals surface area contributed by atoms with Crippen molar-refractivity contribution in [2.45, 2.75) is 58.3 Å². The lowest BCUT2D eigenvalue weighted by Crippen LogP contribution is -1.93. The van der Waals surface area contributed by atoms with Crippen molar-refractivity contribution < 1.29 is 4.79 Å². The van der Waals surface area contributed by atoms with Gasteiger partial charge in [0.2, 0.25) is 0 Å². The van der Waals surface area contributed by atoms with Gasteiger partial charge >= 0.3 is 0 Å². The highest BCUT2D eigenvalue weighted by Crippen LogP contribution is 2.08. The molecule has 0 atom stereocenters. The van der Waals surface area contributed by atoms with Crippen LogP contribution >= 0.6 is 0 Å². The molecule has 1 heteroatoms. The first-order chi connectivity index (χ1) is 6.31. The Morgan fingerprint density at radius 1 is 1.15 bits per heavy atom. The van der Waals surface area contributed by atoms with Crippen LogP contribution in [0.1, 0.15) is 58.3 Å². The fraction of sp³-hybridized carbons (Fsp3) is 0.750. The summed E-state index contributed by atoms with van der Waals surface area (Å²) in [7, 11) is 0. The molecule has 0 spiro atoms. The van der Waals surface area contributed by atoms with Crippen molar-refractivity contribution in [1.82, 2.24) is 0 Å². The van der Waals surface area contributed by atoms with Crippen molar-refractivity contribution in [3.63, 3.8) is 0 Å². The third-order valence-corrected chi connectivity index (χ3v) is 2.26. The quantitative estimate of drug-likeness (QED) is 0.390. The summed E-state index contributed by atoms with van der Waals surface area (Å²) in [5.41, 5.74) is 0. The van der Waals surface area contributed by atoms with Crippen LogP contribution in [0.2, 0.25) is 0 Å². The molecule has 1 nitrogen and oxygen atoms in total. The van der Waals surface area contributed by atoms with E-state index in [1.807, 2.05) is 13.0 Å². The maximum absolute atomic E-state index is 10.9. The van der Waals surface area contributed by atoms with Gasteiger partial charge in [-0.2, -0.15) is 0 Å². The maximum atomic E-state index is 10.9. The summed E-state index contributed by atoms with van der Waals surface area (Å²) in [5, 5.41) is 0. The first-order valence-corrected chi connectivity index (χ1v) is 5.43. The minimum Gasteiger partial charge on any atom is -0.300 e. The molecule has 0 heterocycles. The predicted molar refractivity (Wildman–Crippen MR) is 57.8 cm³/mol. The second kappa shape index (κ2) is 9.50. The van der Waals surface area contributed by atoms with E-state index in [-0.39, 0.29) is 0 Å². The van der Waals surface area contributed by atoms with Crippen LogP contribution in [0.15, 0.2) is 12.7 Å². The summed E-state index contributed by atoms with van der Waals surface area (Å²) in [6, 6.07) is 0. The standard InChI is InChI=1S/C12H22O/c1-3-5-6-7-8-9-10-11-12(13)4-2/h3H,1,4-11H2,2H3. The minimum atomic E-state index is 0.408. The van der Waals surface area contributed by atoms with Crippen LogP contribution in [0.3, 0.4) is 0 Å². The Labute approximate surface area is 82.2 Å². The first-order valence-electron chi connectivity index (χ1n) is 5.43. The molecule has 0 unspecified atom stereocenters. The molecule has 0 aliphatic rings. The van der Waals surface area contributed by atoms with Gasteiger partial charge in [0.25, 0.3) is 0 Å². The number of unbranched alkanes of at least 4 members (excludes halogenated alkanes) is 5. The SMILES string of the molecule is C=CCCCCCCCC(=O)CC. The number of hydrogen-bond donors (Lipinski definition) is 0. The summed E-state index contributed by atoms with van der Waals surface area (Å²) in [4.78, 5) is 10.9. The van der Waals surface area contributed by atoms with Crippen LogP contribution < -0.4 is 0 Å². The zero-order valence-electron chi connectivity index (χ0n) is 8.85. The van der Waals surface area contributed by atoms with Crippen molar-refractivity contribution in [3.8, 4) is 0 Å². The monoisotopic (exact) mass is 182 g/mol. The molecule has 0 aromatic rings. The van der Waals surface area contributed by atoms with Gasteiger partial charge in [-0.25, -0.2) is 0 Å². The fourth-order valence-electron chi connectivity index (χ4n) is 1.32.